The van der Waals surface area contributed by atoms with Crippen LogP contribution in [0.1, 0.15) is 40.7 Å². The lowest BCUT2D eigenvalue weighted by atomic mass is 9.78. The lowest BCUT2D eigenvalue weighted by Crippen LogP contribution is -2.51. The molecule has 8 nitrogen and oxygen atoms in total. The molecule has 1 aliphatic carbocycles. The number of imide groups is 1. The number of Topliss-reactive ketones (excluding diaryl/α,β-unsaturated/α-hetero) is 1. The van der Waals surface area contributed by atoms with Gasteiger partial charge in [0.2, 0.25) is 10.0 Å². The molecule has 9 heteroatoms. The summed E-state index contributed by atoms with van der Waals surface area (Å²) in [6.45, 7) is 0.620. The molecule has 1 atom stereocenters. The molecule has 1 spiro atoms. The van der Waals surface area contributed by atoms with Crippen molar-refractivity contribution in [3.63, 3.8) is 0 Å². The van der Waals surface area contributed by atoms with Crippen LogP contribution in [0, 0.1) is 0 Å². The Morgan fingerprint density at radius 3 is 2.33 bits per heavy atom. The van der Waals surface area contributed by atoms with Crippen LogP contribution >= 0.6 is 0 Å². The van der Waals surface area contributed by atoms with E-state index >= 15 is 0 Å². The number of nitrogens with zero attached hydrogens (tertiary/aromatic N) is 2. The van der Waals surface area contributed by atoms with Gasteiger partial charge < -0.3 is 5.32 Å². The molecule has 0 radical (unpaired) electrons. The lowest BCUT2D eigenvalue weighted by molar-refractivity contribution is -0.131. The average Bonchev–Trinajstić information content (AvgIpc) is 3.44. The molecule has 0 aromatic heterocycles. The van der Waals surface area contributed by atoms with E-state index in [0.717, 1.165) is 23.3 Å². The van der Waals surface area contributed by atoms with Crippen molar-refractivity contribution in [1.82, 2.24) is 14.5 Å². The number of fused-ring (bicyclic) bond motifs is 1. The van der Waals surface area contributed by atoms with Crippen molar-refractivity contribution in [3.05, 3.63) is 65.2 Å². The van der Waals surface area contributed by atoms with Crippen molar-refractivity contribution >= 4 is 27.7 Å². The predicted octanol–water partition coefficient (Wildman–Crippen LogP) is 2.13. The molecule has 3 aliphatic rings. The Morgan fingerprint density at radius 1 is 0.970 bits per heavy atom. The second-order valence-corrected chi connectivity index (χ2v) is 10.8. The number of nitrogens with one attached hydrogen (secondary N) is 1. The number of sulfonamides is 1. The average molecular weight is 468 g/mol. The molecule has 2 fully saturated rings. The zero-order valence-corrected chi connectivity index (χ0v) is 18.9. The first-order valence-corrected chi connectivity index (χ1v) is 12.6. The first-order chi connectivity index (χ1) is 15.8. The highest BCUT2D eigenvalue weighted by Gasteiger charge is 2.52. The first-order valence-electron chi connectivity index (χ1n) is 11.1. The minimum absolute atomic E-state index is 0.135. The number of carbonyl (C=O) groups excluding carboxylic acids is 3. The van der Waals surface area contributed by atoms with E-state index in [2.05, 4.69) is 5.32 Å². The van der Waals surface area contributed by atoms with Gasteiger partial charge in [-0.25, -0.2) is 13.2 Å². The van der Waals surface area contributed by atoms with Gasteiger partial charge >= 0.3 is 6.03 Å². The van der Waals surface area contributed by atoms with E-state index in [1.54, 1.807) is 0 Å². The Bertz CT molecular complexity index is 1240. The summed E-state index contributed by atoms with van der Waals surface area (Å²) >= 11 is 0. The van der Waals surface area contributed by atoms with Crippen molar-refractivity contribution in [3.8, 4) is 0 Å². The van der Waals surface area contributed by atoms with E-state index in [4.69, 9.17) is 0 Å². The first kappa shape index (κ1) is 21.8. The summed E-state index contributed by atoms with van der Waals surface area (Å²) < 4.78 is 26.8. The van der Waals surface area contributed by atoms with Crippen LogP contribution in [0.5, 0.6) is 0 Å². The smallest absolute Gasteiger partial charge is 0.323 e. The summed E-state index contributed by atoms with van der Waals surface area (Å²) in [5.41, 5.74) is 1.44. The van der Waals surface area contributed by atoms with Crippen molar-refractivity contribution in [2.24, 2.45) is 0 Å². The fraction of sp³-hybridized carbons (Fsp3) is 0.375. The quantitative estimate of drug-likeness (QED) is 0.536. The van der Waals surface area contributed by atoms with Gasteiger partial charge in [-0.2, -0.15) is 4.31 Å². The fourth-order valence-corrected chi connectivity index (χ4v) is 6.49. The number of amides is 3. The lowest BCUT2D eigenvalue weighted by Gasteiger charge is -2.32. The Labute approximate surface area is 192 Å². The van der Waals surface area contributed by atoms with Crippen LogP contribution in [0.25, 0.3) is 0 Å². The summed E-state index contributed by atoms with van der Waals surface area (Å²) in [6, 6.07) is 13.0. The monoisotopic (exact) mass is 467 g/mol. The maximum absolute atomic E-state index is 13.2. The minimum Gasteiger partial charge on any atom is -0.323 e. The van der Waals surface area contributed by atoms with Crippen LogP contribution < -0.4 is 5.32 Å². The van der Waals surface area contributed by atoms with Crippen LogP contribution in [0.2, 0.25) is 0 Å². The molecule has 2 heterocycles. The van der Waals surface area contributed by atoms with Gasteiger partial charge in [0, 0.05) is 25.1 Å². The summed E-state index contributed by atoms with van der Waals surface area (Å²) in [6.07, 6.45) is 3.25. The largest absolute Gasteiger partial charge is 0.325 e. The standard InChI is InChI=1S/C24H25N3O5S/c28-21(18-7-9-20(10-8-18)33(31,32)26-13-3-4-14-26)16-27-22(29)24(25-23(27)30)12-11-17-5-1-2-6-19(17)15-24/h1-2,5-10H,3-4,11-16H2,(H,25,30)/t24-/m0/s1. The zero-order chi connectivity index (χ0) is 23.2. The minimum atomic E-state index is -3.57. The van der Waals surface area contributed by atoms with Gasteiger partial charge in [-0.1, -0.05) is 24.3 Å². The third-order valence-corrected chi connectivity index (χ3v) is 8.77. The Hall–Kier alpha value is -3.04. The van der Waals surface area contributed by atoms with E-state index in [1.165, 1.54) is 34.1 Å². The summed E-state index contributed by atoms with van der Waals surface area (Å²) in [5, 5.41) is 2.83. The van der Waals surface area contributed by atoms with Gasteiger partial charge in [0.15, 0.2) is 5.78 Å². The third-order valence-electron chi connectivity index (χ3n) is 6.86. The van der Waals surface area contributed by atoms with Gasteiger partial charge in [-0.05, 0) is 61.1 Å². The molecule has 172 valence electrons. The summed E-state index contributed by atoms with van der Waals surface area (Å²) in [7, 11) is -3.57. The molecule has 33 heavy (non-hydrogen) atoms. The molecule has 1 N–H and O–H groups in total. The Kier molecular flexibility index (Phi) is 5.33. The van der Waals surface area contributed by atoms with Gasteiger partial charge in [0.05, 0.1) is 11.4 Å². The van der Waals surface area contributed by atoms with Crippen LogP contribution in [0.15, 0.2) is 53.4 Å². The number of benzene rings is 2. The van der Waals surface area contributed by atoms with E-state index in [0.29, 0.717) is 32.4 Å². The number of hydrogen-bond donors (Lipinski definition) is 1. The number of rotatable bonds is 5. The fourth-order valence-electron chi connectivity index (χ4n) is 4.97. The maximum atomic E-state index is 13.2. The van der Waals surface area contributed by atoms with E-state index in [9.17, 15) is 22.8 Å². The van der Waals surface area contributed by atoms with E-state index in [-0.39, 0.29) is 22.9 Å². The van der Waals surface area contributed by atoms with Gasteiger partial charge in [0.1, 0.15) is 5.54 Å². The highest BCUT2D eigenvalue weighted by molar-refractivity contribution is 7.89. The van der Waals surface area contributed by atoms with Crippen molar-refractivity contribution in [2.75, 3.05) is 19.6 Å². The van der Waals surface area contributed by atoms with Gasteiger partial charge in [0.25, 0.3) is 5.91 Å². The normalized spacial score (nSPS) is 23.1. The van der Waals surface area contributed by atoms with Crippen LogP contribution in [0.3, 0.4) is 0 Å². The molecule has 5 rings (SSSR count). The Balaban J connectivity index is 1.30. The topological polar surface area (TPSA) is 104 Å². The molecule has 2 saturated heterocycles. The van der Waals surface area contributed by atoms with Gasteiger partial charge in [-0.15, -0.1) is 0 Å². The Morgan fingerprint density at radius 2 is 1.64 bits per heavy atom. The maximum Gasteiger partial charge on any atom is 0.325 e. The number of aryl methyl sites for hydroxylation is 1. The van der Waals surface area contributed by atoms with Gasteiger partial charge in [-0.3, -0.25) is 14.5 Å². The van der Waals surface area contributed by atoms with Crippen LogP contribution in [-0.4, -0.2) is 60.5 Å². The number of ketones is 1. The molecule has 2 aromatic rings. The van der Waals surface area contributed by atoms with Crippen LogP contribution in [0.4, 0.5) is 4.79 Å². The van der Waals surface area contributed by atoms with E-state index < -0.39 is 27.4 Å². The highest BCUT2D eigenvalue weighted by atomic mass is 32.2. The molecule has 2 aliphatic heterocycles. The summed E-state index contributed by atoms with van der Waals surface area (Å²) in [5.74, 6) is -0.805. The zero-order valence-electron chi connectivity index (χ0n) is 18.1. The molecule has 0 saturated carbocycles. The molecule has 3 amide bonds. The van der Waals surface area contributed by atoms with Crippen molar-refractivity contribution < 1.29 is 22.8 Å². The number of carbonyl (C=O) groups is 3. The van der Waals surface area contributed by atoms with Crippen molar-refractivity contribution in [1.29, 1.82) is 0 Å². The van der Waals surface area contributed by atoms with Crippen molar-refractivity contribution in [2.45, 2.75) is 42.5 Å². The molecular weight excluding hydrogens is 442 g/mol. The second-order valence-electron chi connectivity index (χ2n) is 8.91. The highest BCUT2D eigenvalue weighted by Crippen LogP contribution is 2.33. The number of urea groups is 1. The number of hydrogen-bond acceptors (Lipinski definition) is 5. The SMILES string of the molecule is O=C(CN1C(=O)N[C@]2(CCc3ccccc3C2)C1=O)c1ccc(S(=O)(=O)N2CCCC2)cc1. The third kappa shape index (κ3) is 3.75. The molecule has 0 bridgehead atoms. The summed E-state index contributed by atoms with van der Waals surface area (Å²) in [4.78, 5) is 39.8. The second kappa shape index (κ2) is 8.07. The predicted molar refractivity (Wildman–Crippen MR) is 120 cm³/mol. The molecule has 2 aromatic carbocycles. The molecule has 0 unspecified atom stereocenters. The van der Waals surface area contributed by atoms with E-state index in [1.807, 2.05) is 24.3 Å². The molecular formula is C24H25N3O5S. The van der Waals surface area contributed by atoms with Crippen LogP contribution in [-0.2, 0) is 27.7 Å².